The van der Waals surface area contributed by atoms with Gasteiger partial charge in [0.05, 0.1) is 10.2 Å². The average molecular weight is 441 g/mol. The molecule has 1 saturated heterocycles. The topological polar surface area (TPSA) is 65.5 Å². The summed E-state index contributed by atoms with van der Waals surface area (Å²) in [5, 5.41) is 3.68. The van der Waals surface area contributed by atoms with Gasteiger partial charge in [-0.1, -0.05) is 24.3 Å². The van der Waals surface area contributed by atoms with Crippen LogP contribution in [0.2, 0.25) is 0 Å². The number of rotatable bonds is 6. The molecular formula is C23H25FN4O2S. The number of thiazole rings is 1. The van der Waals surface area contributed by atoms with Crippen molar-refractivity contribution in [1.82, 2.24) is 9.88 Å². The van der Waals surface area contributed by atoms with Gasteiger partial charge < -0.3 is 15.1 Å². The van der Waals surface area contributed by atoms with Crippen molar-refractivity contribution in [2.75, 3.05) is 36.4 Å². The highest BCUT2D eigenvalue weighted by atomic mass is 32.1. The predicted molar refractivity (Wildman–Crippen MR) is 122 cm³/mol. The third-order valence-corrected chi connectivity index (χ3v) is 6.53. The van der Waals surface area contributed by atoms with E-state index in [1.54, 1.807) is 11.3 Å². The van der Waals surface area contributed by atoms with Gasteiger partial charge in [-0.2, -0.15) is 0 Å². The van der Waals surface area contributed by atoms with E-state index in [0.717, 1.165) is 30.2 Å². The molecule has 1 aliphatic heterocycles. The second kappa shape index (κ2) is 9.43. The number of amides is 2. The zero-order valence-electron chi connectivity index (χ0n) is 17.4. The first-order valence-electron chi connectivity index (χ1n) is 10.5. The van der Waals surface area contributed by atoms with E-state index in [0.29, 0.717) is 18.8 Å². The van der Waals surface area contributed by atoms with Crippen LogP contribution in [0.4, 0.5) is 15.2 Å². The number of hydrogen-bond acceptors (Lipinski definition) is 5. The third kappa shape index (κ3) is 5.19. The minimum Gasteiger partial charge on any atom is -0.345 e. The standard InChI is InChI=1S/C23H25FN4O2S/c1-2-16-3-8-19-20(15-16)31-23(26-19)28-13-11-27(12-14-28)22(30)10-9-21(29)25-18-6-4-17(24)5-7-18/h3-8,15H,2,9-14H2,1H3,(H,25,29). The van der Waals surface area contributed by atoms with Crippen LogP contribution in [0.25, 0.3) is 10.2 Å². The molecular weight excluding hydrogens is 415 g/mol. The van der Waals surface area contributed by atoms with Gasteiger partial charge in [0.25, 0.3) is 0 Å². The highest BCUT2D eigenvalue weighted by Crippen LogP contribution is 2.30. The molecule has 162 valence electrons. The summed E-state index contributed by atoms with van der Waals surface area (Å²) in [6.07, 6.45) is 1.27. The molecule has 0 aliphatic carbocycles. The molecule has 0 radical (unpaired) electrons. The number of piperazine rings is 1. The van der Waals surface area contributed by atoms with E-state index in [2.05, 4.69) is 35.3 Å². The summed E-state index contributed by atoms with van der Waals surface area (Å²) in [5.74, 6) is -0.630. The van der Waals surface area contributed by atoms with Crippen LogP contribution in [0.5, 0.6) is 0 Å². The van der Waals surface area contributed by atoms with Crippen molar-refractivity contribution < 1.29 is 14.0 Å². The maximum atomic E-state index is 12.9. The van der Waals surface area contributed by atoms with Gasteiger partial charge in [-0.15, -0.1) is 0 Å². The Morgan fingerprint density at radius 2 is 1.81 bits per heavy atom. The number of benzene rings is 2. The number of fused-ring (bicyclic) bond motifs is 1. The van der Waals surface area contributed by atoms with Crippen molar-refractivity contribution in [3.63, 3.8) is 0 Å². The van der Waals surface area contributed by atoms with Gasteiger partial charge in [0.2, 0.25) is 11.8 Å². The van der Waals surface area contributed by atoms with Crippen LogP contribution in [-0.4, -0.2) is 47.9 Å². The first kappa shape index (κ1) is 21.2. The minimum absolute atomic E-state index is 0.0224. The Morgan fingerprint density at radius 3 is 2.52 bits per heavy atom. The van der Waals surface area contributed by atoms with E-state index >= 15 is 0 Å². The molecule has 2 heterocycles. The first-order valence-corrected chi connectivity index (χ1v) is 11.3. The van der Waals surface area contributed by atoms with Crippen molar-refractivity contribution in [2.24, 2.45) is 0 Å². The van der Waals surface area contributed by atoms with Crippen molar-refractivity contribution in [2.45, 2.75) is 26.2 Å². The van der Waals surface area contributed by atoms with Gasteiger partial charge in [-0.25, -0.2) is 9.37 Å². The second-order valence-corrected chi connectivity index (χ2v) is 8.58. The first-order chi connectivity index (χ1) is 15.0. The molecule has 31 heavy (non-hydrogen) atoms. The lowest BCUT2D eigenvalue weighted by molar-refractivity contribution is -0.133. The Kier molecular flexibility index (Phi) is 6.46. The molecule has 2 amide bonds. The lowest BCUT2D eigenvalue weighted by Crippen LogP contribution is -2.48. The van der Waals surface area contributed by atoms with Crippen molar-refractivity contribution in [1.29, 1.82) is 0 Å². The van der Waals surface area contributed by atoms with E-state index in [4.69, 9.17) is 4.98 Å². The molecule has 4 rings (SSSR count). The molecule has 0 bridgehead atoms. The van der Waals surface area contributed by atoms with E-state index in [9.17, 15) is 14.0 Å². The molecule has 0 saturated carbocycles. The van der Waals surface area contributed by atoms with E-state index in [1.807, 2.05) is 4.90 Å². The van der Waals surface area contributed by atoms with Gasteiger partial charge in [0.15, 0.2) is 5.13 Å². The van der Waals surface area contributed by atoms with E-state index in [-0.39, 0.29) is 30.5 Å². The fourth-order valence-electron chi connectivity index (χ4n) is 3.59. The molecule has 1 fully saturated rings. The maximum absolute atomic E-state index is 12.9. The third-order valence-electron chi connectivity index (χ3n) is 5.45. The lowest BCUT2D eigenvalue weighted by atomic mass is 10.2. The smallest absolute Gasteiger partial charge is 0.224 e. The summed E-state index contributed by atoms with van der Waals surface area (Å²) in [4.78, 5) is 33.4. The number of halogens is 1. The zero-order chi connectivity index (χ0) is 21.8. The number of aromatic nitrogens is 1. The summed E-state index contributed by atoms with van der Waals surface area (Å²) in [6.45, 7) is 4.84. The fraction of sp³-hybridized carbons (Fsp3) is 0.348. The molecule has 2 aromatic carbocycles. The van der Waals surface area contributed by atoms with Crippen LogP contribution >= 0.6 is 11.3 Å². The summed E-state index contributed by atoms with van der Waals surface area (Å²) >= 11 is 1.69. The molecule has 6 nitrogen and oxygen atoms in total. The SMILES string of the molecule is CCc1ccc2nc(N3CCN(C(=O)CCC(=O)Nc4ccc(F)cc4)CC3)sc2c1. The lowest BCUT2D eigenvalue weighted by Gasteiger charge is -2.34. The number of aryl methyl sites for hydroxylation is 1. The second-order valence-electron chi connectivity index (χ2n) is 7.57. The number of anilines is 2. The Hall–Kier alpha value is -3.00. The van der Waals surface area contributed by atoms with Crippen molar-refractivity contribution in [3.8, 4) is 0 Å². The molecule has 0 unspecified atom stereocenters. The van der Waals surface area contributed by atoms with Crippen molar-refractivity contribution >= 4 is 44.2 Å². The van der Waals surface area contributed by atoms with Crippen molar-refractivity contribution in [3.05, 3.63) is 53.8 Å². The number of nitrogens with one attached hydrogen (secondary N) is 1. The highest BCUT2D eigenvalue weighted by Gasteiger charge is 2.23. The fourth-order valence-corrected chi connectivity index (χ4v) is 4.68. The summed E-state index contributed by atoms with van der Waals surface area (Å²) in [5.41, 5.74) is 2.85. The molecule has 3 aromatic rings. The largest absolute Gasteiger partial charge is 0.345 e. The van der Waals surface area contributed by atoms with Crippen LogP contribution in [0.1, 0.15) is 25.3 Å². The maximum Gasteiger partial charge on any atom is 0.224 e. The number of nitrogens with zero attached hydrogens (tertiary/aromatic N) is 3. The highest BCUT2D eigenvalue weighted by molar-refractivity contribution is 7.22. The van der Waals surface area contributed by atoms with E-state index in [1.165, 1.54) is 34.5 Å². The Bertz CT molecular complexity index is 1070. The Balaban J connectivity index is 1.26. The summed E-state index contributed by atoms with van der Waals surface area (Å²) < 4.78 is 14.1. The normalized spacial score (nSPS) is 14.1. The molecule has 1 aromatic heterocycles. The van der Waals surface area contributed by atoms with Crippen LogP contribution in [0.3, 0.4) is 0 Å². The summed E-state index contributed by atoms with van der Waals surface area (Å²) in [7, 11) is 0. The predicted octanol–water partition coefficient (Wildman–Crippen LogP) is 4.07. The van der Waals surface area contributed by atoms with Gasteiger partial charge in [0.1, 0.15) is 5.82 Å². The minimum atomic E-state index is -0.358. The average Bonchev–Trinajstić information content (AvgIpc) is 3.22. The summed E-state index contributed by atoms with van der Waals surface area (Å²) in [6, 6.07) is 12.0. The molecule has 1 N–H and O–H groups in total. The quantitative estimate of drug-likeness (QED) is 0.628. The van der Waals surface area contributed by atoms with E-state index < -0.39 is 0 Å². The van der Waals surface area contributed by atoms with Gasteiger partial charge in [-0.05, 0) is 48.4 Å². The Labute approximate surface area is 184 Å². The molecule has 0 atom stereocenters. The number of hydrogen-bond donors (Lipinski definition) is 1. The molecule has 1 aliphatic rings. The zero-order valence-corrected chi connectivity index (χ0v) is 18.3. The van der Waals surface area contributed by atoms with Gasteiger partial charge in [-0.3, -0.25) is 9.59 Å². The van der Waals surface area contributed by atoms with Crippen LogP contribution in [0, 0.1) is 5.82 Å². The van der Waals surface area contributed by atoms with Crippen LogP contribution in [-0.2, 0) is 16.0 Å². The molecule has 0 spiro atoms. The monoisotopic (exact) mass is 440 g/mol. The van der Waals surface area contributed by atoms with Crippen LogP contribution < -0.4 is 10.2 Å². The number of carbonyl (C=O) groups is 2. The van der Waals surface area contributed by atoms with Gasteiger partial charge in [0, 0.05) is 44.7 Å². The Morgan fingerprint density at radius 1 is 1.06 bits per heavy atom. The number of carbonyl (C=O) groups excluding carboxylic acids is 2. The van der Waals surface area contributed by atoms with Gasteiger partial charge >= 0.3 is 0 Å². The molecule has 8 heteroatoms. The van der Waals surface area contributed by atoms with Crippen LogP contribution in [0.15, 0.2) is 42.5 Å².